The number of nitrogens with one attached hydrogen (secondary N) is 1. The number of piperazine rings is 1. The lowest BCUT2D eigenvalue weighted by molar-refractivity contribution is -0.122. The Balaban J connectivity index is 1.46. The molecule has 2 heterocycles. The quantitative estimate of drug-likeness (QED) is 0.714. The summed E-state index contributed by atoms with van der Waals surface area (Å²) < 4.78 is 39.1. The zero-order valence-corrected chi connectivity index (χ0v) is 19.6. The van der Waals surface area contributed by atoms with Gasteiger partial charge in [-0.2, -0.15) is 4.31 Å². The van der Waals surface area contributed by atoms with Crippen molar-refractivity contribution in [2.45, 2.75) is 31.8 Å². The highest BCUT2D eigenvalue weighted by molar-refractivity contribution is 7.89. The van der Waals surface area contributed by atoms with Gasteiger partial charge < -0.3 is 19.7 Å². The van der Waals surface area contributed by atoms with E-state index in [4.69, 9.17) is 9.47 Å². The van der Waals surface area contributed by atoms with Crippen molar-refractivity contribution in [2.75, 3.05) is 38.1 Å². The highest BCUT2D eigenvalue weighted by Gasteiger charge is 2.33. The molecule has 9 nitrogen and oxygen atoms in total. The Kier molecular flexibility index (Phi) is 6.31. The van der Waals surface area contributed by atoms with Crippen molar-refractivity contribution in [3.63, 3.8) is 0 Å². The minimum atomic E-state index is -3.80. The van der Waals surface area contributed by atoms with Crippen molar-refractivity contribution >= 4 is 27.5 Å². The molecule has 0 bridgehead atoms. The van der Waals surface area contributed by atoms with E-state index in [0.717, 1.165) is 0 Å². The van der Waals surface area contributed by atoms with E-state index in [1.165, 1.54) is 10.4 Å². The number of benzene rings is 2. The Labute approximate surface area is 193 Å². The number of hydrogen-bond donors (Lipinski definition) is 1. The summed E-state index contributed by atoms with van der Waals surface area (Å²) in [5, 5.41) is 2.73. The average Bonchev–Trinajstić information content (AvgIpc) is 2.80. The van der Waals surface area contributed by atoms with Gasteiger partial charge in [-0.25, -0.2) is 8.42 Å². The molecule has 0 aliphatic carbocycles. The van der Waals surface area contributed by atoms with Gasteiger partial charge in [0.1, 0.15) is 11.5 Å². The second-order valence-corrected chi connectivity index (χ2v) is 9.92. The summed E-state index contributed by atoms with van der Waals surface area (Å²) in [6.07, 6.45) is -0.701. The van der Waals surface area contributed by atoms with Crippen molar-refractivity contribution in [3.05, 3.63) is 47.5 Å². The molecule has 0 radical (unpaired) electrons. The predicted molar refractivity (Wildman–Crippen MR) is 122 cm³/mol. The molecule has 176 valence electrons. The van der Waals surface area contributed by atoms with Crippen LogP contribution in [-0.4, -0.2) is 68.3 Å². The minimum Gasteiger partial charge on any atom is -0.494 e. The van der Waals surface area contributed by atoms with Gasteiger partial charge in [-0.15, -0.1) is 0 Å². The number of aryl methyl sites for hydroxylation is 1. The summed E-state index contributed by atoms with van der Waals surface area (Å²) in [4.78, 5) is 26.5. The highest BCUT2D eigenvalue weighted by Crippen LogP contribution is 2.35. The van der Waals surface area contributed by atoms with E-state index in [-0.39, 0.29) is 29.8 Å². The molecule has 1 saturated heterocycles. The number of ether oxygens (including phenoxy) is 2. The smallest absolute Gasteiger partial charge is 0.265 e. The van der Waals surface area contributed by atoms with Gasteiger partial charge in [-0.05, 0) is 56.7 Å². The number of fused-ring (bicyclic) bond motifs is 1. The Bertz CT molecular complexity index is 1170. The zero-order valence-electron chi connectivity index (χ0n) is 18.8. The maximum Gasteiger partial charge on any atom is 0.265 e. The van der Waals surface area contributed by atoms with Crippen molar-refractivity contribution in [2.24, 2.45) is 0 Å². The van der Waals surface area contributed by atoms with Gasteiger partial charge in [-0.1, -0.05) is 0 Å². The molecule has 2 aromatic rings. The lowest BCUT2D eigenvalue weighted by Crippen LogP contribution is -2.50. The van der Waals surface area contributed by atoms with Crippen LogP contribution < -0.4 is 14.8 Å². The number of nitrogens with zero attached hydrogens (tertiary/aromatic N) is 2. The molecular weight excluding hydrogens is 446 g/mol. The first kappa shape index (κ1) is 23.1. The van der Waals surface area contributed by atoms with Crippen LogP contribution >= 0.6 is 0 Å². The first-order valence-corrected chi connectivity index (χ1v) is 12.3. The number of amides is 2. The molecule has 0 saturated carbocycles. The van der Waals surface area contributed by atoms with E-state index in [9.17, 15) is 18.0 Å². The van der Waals surface area contributed by atoms with Crippen molar-refractivity contribution in [1.29, 1.82) is 0 Å². The van der Waals surface area contributed by atoms with E-state index >= 15 is 0 Å². The van der Waals surface area contributed by atoms with Crippen molar-refractivity contribution < 1.29 is 27.5 Å². The standard InChI is InChI=1S/C23H27N3O6S/c1-4-31-18-7-5-17(6-8-18)23(28)25-9-11-26(12-10-25)33(29,30)21-14-20-19(13-15(21)2)24-22(27)16(3)32-20/h5-8,13-14,16H,4,9-12H2,1-3H3,(H,24,27)/t16-/m1/s1. The summed E-state index contributed by atoms with van der Waals surface area (Å²) in [6, 6.07) is 10.0. The molecule has 1 atom stereocenters. The lowest BCUT2D eigenvalue weighted by Gasteiger charge is -2.34. The zero-order chi connectivity index (χ0) is 23.8. The van der Waals surface area contributed by atoms with Gasteiger partial charge in [0.25, 0.3) is 11.8 Å². The highest BCUT2D eigenvalue weighted by atomic mass is 32.2. The van der Waals surface area contributed by atoms with Crippen LogP contribution in [0.5, 0.6) is 11.5 Å². The second-order valence-electron chi connectivity index (χ2n) is 8.02. The molecule has 2 aliphatic heterocycles. The maximum absolute atomic E-state index is 13.4. The number of rotatable bonds is 5. The van der Waals surface area contributed by atoms with Crippen molar-refractivity contribution in [1.82, 2.24) is 9.21 Å². The number of sulfonamides is 1. The Morgan fingerprint density at radius 1 is 1.15 bits per heavy atom. The second kappa shape index (κ2) is 9.03. The molecule has 2 aromatic carbocycles. The van der Waals surface area contributed by atoms with E-state index in [2.05, 4.69) is 5.32 Å². The van der Waals surface area contributed by atoms with E-state index in [1.54, 1.807) is 49.1 Å². The topological polar surface area (TPSA) is 105 Å². The number of carbonyl (C=O) groups is 2. The van der Waals surface area contributed by atoms with E-state index in [1.807, 2.05) is 6.92 Å². The summed E-state index contributed by atoms with van der Waals surface area (Å²) >= 11 is 0. The third kappa shape index (κ3) is 4.53. The Morgan fingerprint density at radius 2 is 1.82 bits per heavy atom. The predicted octanol–water partition coefficient (Wildman–Crippen LogP) is 2.26. The van der Waals surface area contributed by atoms with E-state index < -0.39 is 16.1 Å². The van der Waals surface area contributed by atoms with Crippen LogP contribution in [0.2, 0.25) is 0 Å². The molecule has 4 rings (SSSR count). The molecule has 1 fully saturated rings. The number of hydrogen-bond acceptors (Lipinski definition) is 6. The van der Waals surface area contributed by atoms with Crippen molar-refractivity contribution in [3.8, 4) is 11.5 Å². The summed E-state index contributed by atoms with van der Waals surface area (Å²) in [6.45, 7) is 6.69. The van der Waals surface area contributed by atoms with Crippen LogP contribution in [0.25, 0.3) is 0 Å². The molecule has 1 N–H and O–H groups in total. The summed E-state index contributed by atoms with van der Waals surface area (Å²) in [5.74, 6) is 0.614. The third-order valence-electron chi connectivity index (χ3n) is 5.76. The fourth-order valence-electron chi connectivity index (χ4n) is 3.93. The van der Waals surface area contributed by atoms with Gasteiger partial charge in [-0.3, -0.25) is 9.59 Å². The van der Waals surface area contributed by atoms with Gasteiger partial charge in [0, 0.05) is 37.8 Å². The molecule has 33 heavy (non-hydrogen) atoms. The van der Waals surface area contributed by atoms with Crippen LogP contribution in [-0.2, 0) is 14.8 Å². The largest absolute Gasteiger partial charge is 0.494 e. The SMILES string of the molecule is CCOc1ccc(C(=O)N2CCN(S(=O)(=O)c3cc4c(cc3C)NC(=O)[C@@H](C)O4)CC2)cc1. The summed E-state index contributed by atoms with van der Waals surface area (Å²) in [7, 11) is -3.80. The first-order chi connectivity index (χ1) is 15.7. The fourth-order valence-corrected chi connectivity index (χ4v) is 5.58. The minimum absolute atomic E-state index is 0.135. The molecule has 0 spiro atoms. The van der Waals surface area contributed by atoms with Crippen LogP contribution in [0.15, 0.2) is 41.3 Å². The monoisotopic (exact) mass is 473 g/mol. The van der Waals surface area contributed by atoms with Crippen LogP contribution in [0.4, 0.5) is 5.69 Å². The normalized spacial score (nSPS) is 18.8. The van der Waals surface area contributed by atoms with Crippen LogP contribution in [0.3, 0.4) is 0 Å². The maximum atomic E-state index is 13.4. The van der Waals surface area contributed by atoms with Crippen LogP contribution in [0.1, 0.15) is 29.8 Å². The fraction of sp³-hybridized carbons (Fsp3) is 0.391. The molecule has 2 aliphatic rings. The molecule has 0 unspecified atom stereocenters. The van der Waals surface area contributed by atoms with Gasteiger partial charge >= 0.3 is 0 Å². The Morgan fingerprint density at radius 3 is 2.45 bits per heavy atom. The van der Waals surface area contributed by atoms with Gasteiger partial charge in [0.2, 0.25) is 10.0 Å². The Hall–Kier alpha value is -3.11. The van der Waals surface area contributed by atoms with Gasteiger partial charge in [0.05, 0.1) is 17.2 Å². The molecule has 0 aromatic heterocycles. The summed E-state index contributed by atoms with van der Waals surface area (Å²) in [5.41, 5.74) is 1.51. The number of anilines is 1. The van der Waals surface area contributed by atoms with E-state index in [0.29, 0.717) is 48.0 Å². The molecule has 10 heteroatoms. The molecule has 2 amide bonds. The average molecular weight is 474 g/mol. The first-order valence-electron chi connectivity index (χ1n) is 10.8. The molecular formula is C23H27N3O6S. The lowest BCUT2D eigenvalue weighted by atomic mass is 10.1. The third-order valence-corrected chi connectivity index (χ3v) is 7.80. The van der Waals surface area contributed by atoms with Crippen LogP contribution in [0, 0.1) is 6.92 Å². The number of carbonyl (C=O) groups excluding carboxylic acids is 2. The van der Waals surface area contributed by atoms with Gasteiger partial charge in [0.15, 0.2) is 6.10 Å².